The zero-order valence-corrected chi connectivity index (χ0v) is 5.82. The van der Waals surface area contributed by atoms with Gasteiger partial charge in [-0.3, -0.25) is 9.20 Å². The van der Waals surface area contributed by atoms with E-state index >= 15 is 0 Å². The van der Waals surface area contributed by atoms with Crippen molar-refractivity contribution in [2.24, 2.45) is 0 Å². The second-order valence-electron chi connectivity index (χ2n) is 2.27. The van der Waals surface area contributed by atoms with E-state index in [1.54, 1.807) is 16.7 Å². The highest BCUT2D eigenvalue weighted by Crippen LogP contribution is 1.95. The Labute approximate surface area is 63.7 Å². The number of pyridine rings is 2. The Hall–Kier alpha value is -1.57. The average molecular weight is 144 g/mol. The highest BCUT2D eigenvalue weighted by Gasteiger charge is 1.90. The lowest BCUT2D eigenvalue weighted by molar-refractivity contribution is 1.09. The van der Waals surface area contributed by atoms with Crippen LogP contribution in [0.5, 0.6) is 0 Å². The summed E-state index contributed by atoms with van der Waals surface area (Å²) in [4.78, 5) is 11.1. The van der Waals surface area contributed by atoms with Crippen molar-refractivity contribution < 1.29 is 0 Å². The largest absolute Gasteiger partial charge is 0.284 e. The van der Waals surface area contributed by atoms with Gasteiger partial charge in [-0.05, 0) is 18.2 Å². The SMILES string of the molecule is O=c1cc[c]c2ccccn12. The van der Waals surface area contributed by atoms with Gasteiger partial charge in [0.2, 0.25) is 0 Å². The van der Waals surface area contributed by atoms with E-state index in [1.165, 1.54) is 6.07 Å². The van der Waals surface area contributed by atoms with Crippen LogP contribution >= 0.6 is 0 Å². The lowest BCUT2D eigenvalue weighted by atomic mass is 10.3. The van der Waals surface area contributed by atoms with Crippen molar-refractivity contribution in [3.8, 4) is 0 Å². The molecule has 2 rings (SSSR count). The van der Waals surface area contributed by atoms with Crippen LogP contribution in [0.4, 0.5) is 0 Å². The van der Waals surface area contributed by atoms with E-state index in [1.807, 2.05) is 18.2 Å². The highest BCUT2D eigenvalue weighted by atomic mass is 16.1. The fraction of sp³-hybridized carbons (Fsp3) is 0. The molecule has 0 saturated heterocycles. The molecule has 0 bridgehead atoms. The van der Waals surface area contributed by atoms with E-state index in [2.05, 4.69) is 6.07 Å². The molecule has 0 atom stereocenters. The quantitative estimate of drug-likeness (QED) is 0.542. The first kappa shape index (κ1) is 6.16. The predicted molar refractivity (Wildman–Crippen MR) is 42.5 cm³/mol. The molecule has 0 saturated carbocycles. The molecule has 0 unspecified atom stereocenters. The minimum absolute atomic E-state index is 0.0145. The van der Waals surface area contributed by atoms with Crippen molar-refractivity contribution in [1.29, 1.82) is 0 Å². The fourth-order valence-electron chi connectivity index (χ4n) is 1.03. The van der Waals surface area contributed by atoms with Crippen LogP contribution in [0, 0.1) is 6.07 Å². The summed E-state index contributed by atoms with van der Waals surface area (Å²) in [5.41, 5.74) is 0.791. The first-order valence-electron chi connectivity index (χ1n) is 3.36. The maximum absolute atomic E-state index is 11.1. The van der Waals surface area contributed by atoms with Crippen molar-refractivity contribution in [3.63, 3.8) is 0 Å². The number of aromatic nitrogens is 1. The van der Waals surface area contributed by atoms with Gasteiger partial charge in [0.1, 0.15) is 0 Å². The normalized spacial score (nSPS) is 10.2. The van der Waals surface area contributed by atoms with E-state index in [9.17, 15) is 4.79 Å². The molecule has 2 aromatic heterocycles. The number of nitrogens with zero attached hydrogens (tertiary/aromatic N) is 1. The third-order valence-electron chi connectivity index (χ3n) is 1.55. The standard InChI is InChI=1S/C9H6NO/c11-9-6-3-5-8-4-1-2-7-10(8)9/h1-4,6-7H. The van der Waals surface area contributed by atoms with Gasteiger partial charge in [0, 0.05) is 18.3 Å². The molecule has 0 N–H and O–H groups in total. The fourth-order valence-corrected chi connectivity index (χ4v) is 1.03. The molecule has 2 heterocycles. The Morgan fingerprint density at radius 1 is 1.27 bits per heavy atom. The maximum Gasteiger partial charge on any atom is 0.255 e. The van der Waals surface area contributed by atoms with E-state index in [4.69, 9.17) is 0 Å². The molecule has 53 valence electrons. The van der Waals surface area contributed by atoms with Gasteiger partial charge in [-0.15, -0.1) is 0 Å². The topological polar surface area (TPSA) is 21.5 Å². The lowest BCUT2D eigenvalue weighted by Crippen LogP contribution is -2.10. The van der Waals surface area contributed by atoms with Gasteiger partial charge in [0.05, 0.1) is 5.52 Å². The number of hydrogen-bond acceptors (Lipinski definition) is 1. The zero-order chi connectivity index (χ0) is 7.68. The number of fused-ring (bicyclic) bond motifs is 1. The number of rotatable bonds is 0. The second kappa shape index (κ2) is 2.23. The zero-order valence-electron chi connectivity index (χ0n) is 5.82. The summed E-state index contributed by atoms with van der Waals surface area (Å²) >= 11 is 0. The van der Waals surface area contributed by atoms with E-state index in [0.29, 0.717) is 0 Å². The molecule has 0 fully saturated rings. The van der Waals surface area contributed by atoms with E-state index < -0.39 is 0 Å². The maximum atomic E-state index is 11.1. The van der Waals surface area contributed by atoms with Crippen molar-refractivity contribution in [2.45, 2.75) is 0 Å². The van der Waals surface area contributed by atoms with Crippen LogP contribution in [-0.2, 0) is 0 Å². The molecular weight excluding hydrogens is 138 g/mol. The van der Waals surface area contributed by atoms with Crippen LogP contribution in [0.25, 0.3) is 5.52 Å². The van der Waals surface area contributed by atoms with Gasteiger partial charge in [-0.1, -0.05) is 6.07 Å². The summed E-state index contributed by atoms with van der Waals surface area (Å²) in [5, 5.41) is 0. The van der Waals surface area contributed by atoms with Crippen LogP contribution < -0.4 is 5.56 Å². The Bertz CT molecular complexity index is 425. The van der Waals surface area contributed by atoms with E-state index in [0.717, 1.165) is 5.52 Å². The summed E-state index contributed by atoms with van der Waals surface area (Å²) < 4.78 is 1.56. The van der Waals surface area contributed by atoms with Crippen LogP contribution in [0.1, 0.15) is 0 Å². The third kappa shape index (κ3) is 0.923. The monoisotopic (exact) mass is 144 g/mol. The molecule has 0 aliphatic heterocycles. The highest BCUT2D eigenvalue weighted by molar-refractivity contribution is 5.44. The third-order valence-corrected chi connectivity index (χ3v) is 1.55. The molecule has 0 aliphatic carbocycles. The smallest absolute Gasteiger partial charge is 0.255 e. The molecule has 1 radical (unpaired) electrons. The predicted octanol–water partition coefficient (Wildman–Crippen LogP) is 1.10. The minimum Gasteiger partial charge on any atom is -0.284 e. The molecule has 0 aromatic carbocycles. The van der Waals surface area contributed by atoms with Crippen molar-refractivity contribution in [3.05, 3.63) is 52.9 Å². The summed E-state index contributed by atoms with van der Waals surface area (Å²) in [6.45, 7) is 0. The summed E-state index contributed by atoms with van der Waals surface area (Å²) in [5.74, 6) is 0. The summed E-state index contributed by atoms with van der Waals surface area (Å²) in [6, 6.07) is 11.6. The van der Waals surface area contributed by atoms with Crippen molar-refractivity contribution in [1.82, 2.24) is 4.40 Å². The van der Waals surface area contributed by atoms with Crippen LogP contribution in [0.2, 0.25) is 0 Å². The summed E-state index contributed by atoms with van der Waals surface area (Å²) in [6.07, 6.45) is 1.73. The first-order chi connectivity index (χ1) is 5.38. The molecular formula is C9H6NO. The molecule has 2 heteroatoms. The lowest BCUT2D eigenvalue weighted by Gasteiger charge is -1.95. The molecule has 0 aliphatic rings. The van der Waals surface area contributed by atoms with Crippen molar-refractivity contribution in [2.75, 3.05) is 0 Å². The van der Waals surface area contributed by atoms with Gasteiger partial charge < -0.3 is 0 Å². The molecule has 0 spiro atoms. The molecule has 0 amide bonds. The van der Waals surface area contributed by atoms with Crippen LogP contribution in [0.15, 0.2) is 41.3 Å². The average Bonchev–Trinajstić information content (AvgIpc) is 2.06. The molecule has 11 heavy (non-hydrogen) atoms. The second-order valence-corrected chi connectivity index (χ2v) is 2.27. The van der Waals surface area contributed by atoms with Gasteiger partial charge >= 0.3 is 0 Å². The summed E-state index contributed by atoms with van der Waals surface area (Å²) in [7, 11) is 0. The van der Waals surface area contributed by atoms with Gasteiger partial charge in [0.15, 0.2) is 0 Å². The van der Waals surface area contributed by atoms with Gasteiger partial charge in [-0.25, -0.2) is 0 Å². The minimum atomic E-state index is -0.0145. The number of hydrogen-bond donors (Lipinski definition) is 0. The van der Waals surface area contributed by atoms with E-state index in [-0.39, 0.29) is 5.56 Å². The molecule has 2 aromatic rings. The Balaban J connectivity index is 3.03. The molecule has 2 nitrogen and oxygen atoms in total. The van der Waals surface area contributed by atoms with Crippen molar-refractivity contribution >= 4 is 5.52 Å². The van der Waals surface area contributed by atoms with Crippen LogP contribution in [0.3, 0.4) is 0 Å². The van der Waals surface area contributed by atoms with Crippen LogP contribution in [-0.4, -0.2) is 4.40 Å². The van der Waals surface area contributed by atoms with Gasteiger partial charge in [-0.2, -0.15) is 0 Å². The Kier molecular flexibility index (Phi) is 1.25. The first-order valence-corrected chi connectivity index (χ1v) is 3.36. The Morgan fingerprint density at radius 3 is 3.00 bits per heavy atom. The Morgan fingerprint density at radius 2 is 2.18 bits per heavy atom. The van der Waals surface area contributed by atoms with Gasteiger partial charge in [0.25, 0.3) is 5.56 Å².